The molecule has 1 aromatic rings. The van der Waals surface area contributed by atoms with Gasteiger partial charge in [-0.3, -0.25) is 9.69 Å². The Labute approximate surface area is 110 Å². The number of likely N-dealkylation sites (tertiary alicyclic amines) is 1. The Hall–Kier alpha value is -1.15. The van der Waals surface area contributed by atoms with E-state index in [1.54, 1.807) is 0 Å². The molecule has 1 heterocycles. The van der Waals surface area contributed by atoms with Gasteiger partial charge in [0.1, 0.15) is 0 Å². The zero-order valence-corrected chi connectivity index (χ0v) is 11.7. The molecule has 0 spiro atoms. The lowest BCUT2D eigenvalue weighted by Gasteiger charge is -2.30. The van der Waals surface area contributed by atoms with Crippen LogP contribution in [0.2, 0.25) is 0 Å². The van der Waals surface area contributed by atoms with Gasteiger partial charge in [0.25, 0.3) is 0 Å². The summed E-state index contributed by atoms with van der Waals surface area (Å²) in [7, 11) is 0. The van der Waals surface area contributed by atoms with Gasteiger partial charge in [0.05, 0.1) is 6.54 Å². The number of hydrogen-bond donors (Lipinski definition) is 0. The highest BCUT2D eigenvalue weighted by atomic mass is 16.1. The summed E-state index contributed by atoms with van der Waals surface area (Å²) in [5.41, 5.74) is 3.31. The maximum atomic E-state index is 12.2. The molecule has 0 saturated carbocycles. The maximum Gasteiger partial charge on any atom is 0.176 e. The minimum absolute atomic E-state index is 0.257. The summed E-state index contributed by atoms with van der Waals surface area (Å²) in [6, 6.07) is 6.02. The highest BCUT2D eigenvalue weighted by Crippen LogP contribution is 2.16. The topological polar surface area (TPSA) is 20.3 Å². The van der Waals surface area contributed by atoms with Crippen molar-refractivity contribution in [3.8, 4) is 0 Å². The Morgan fingerprint density at radius 3 is 2.78 bits per heavy atom. The Bertz CT molecular complexity index is 439. The SMILES string of the molecule is Cc1ccc(C(=O)CN2CCCC(C)C2)cc1C. The molecule has 2 heteroatoms. The van der Waals surface area contributed by atoms with Crippen LogP contribution in [0.4, 0.5) is 0 Å². The molecule has 1 aliphatic heterocycles. The molecule has 0 aromatic heterocycles. The molecule has 98 valence electrons. The number of ketones is 1. The van der Waals surface area contributed by atoms with E-state index in [0.717, 1.165) is 24.6 Å². The van der Waals surface area contributed by atoms with Crippen molar-refractivity contribution in [2.24, 2.45) is 5.92 Å². The first-order chi connectivity index (χ1) is 8.56. The van der Waals surface area contributed by atoms with Gasteiger partial charge in [-0.1, -0.05) is 19.1 Å². The molecule has 1 aliphatic rings. The summed E-state index contributed by atoms with van der Waals surface area (Å²) in [5, 5.41) is 0. The molecule has 1 aromatic carbocycles. The number of hydrogen-bond acceptors (Lipinski definition) is 2. The lowest BCUT2D eigenvalue weighted by atomic mass is 9.99. The van der Waals surface area contributed by atoms with Crippen LogP contribution in [0.3, 0.4) is 0 Å². The third-order valence-corrected chi connectivity index (χ3v) is 3.94. The second kappa shape index (κ2) is 5.66. The molecule has 1 fully saturated rings. The highest BCUT2D eigenvalue weighted by Gasteiger charge is 2.19. The van der Waals surface area contributed by atoms with Crippen LogP contribution < -0.4 is 0 Å². The summed E-state index contributed by atoms with van der Waals surface area (Å²) in [4.78, 5) is 14.5. The fourth-order valence-corrected chi connectivity index (χ4v) is 2.64. The molecular weight excluding hydrogens is 222 g/mol. The van der Waals surface area contributed by atoms with Crippen LogP contribution in [0.25, 0.3) is 0 Å². The van der Waals surface area contributed by atoms with Crippen molar-refractivity contribution >= 4 is 5.78 Å². The van der Waals surface area contributed by atoms with Crippen LogP contribution in [-0.2, 0) is 0 Å². The van der Waals surface area contributed by atoms with Gasteiger partial charge in [0.15, 0.2) is 5.78 Å². The molecule has 2 nitrogen and oxygen atoms in total. The largest absolute Gasteiger partial charge is 0.296 e. The zero-order chi connectivity index (χ0) is 13.1. The average molecular weight is 245 g/mol. The van der Waals surface area contributed by atoms with Crippen LogP contribution >= 0.6 is 0 Å². The van der Waals surface area contributed by atoms with E-state index >= 15 is 0 Å². The molecule has 2 rings (SSSR count). The monoisotopic (exact) mass is 245 g/mol. The quantitative estimate of drug-likeness (QED) is 0.762. The van der Waals surface area contributed by atoms with Crippen LogP contribution in [0.15, 0.2) is 18.2 Å². The number of carbonyl (C=O) groups excluding carboxylic acids is 1. The van der Waals surface area contributed by atoms with E-state index in [-0.39, 0.29) is 5.78 Å². The summed E-state index contributed by atoms with van der Waals surface area (Å²) in [6.45, 7) is 9.13. The minimum Gasteiger partial charge on any atom is -0.296 e. The molecule has 1 unspecified atom stereocenters. The number of benzene rings is 1. The Balaban J connectivity index is 2.00. The lowest BCUT2D eigenvalue weighted by Crippen LogP contribution is -2.38. The predicted octanol–water partition coefficient (Wildman–Crippen LogP) is 3.22. The highest BCUT2D eigenvalue weighted by molar-refractivity contribution is 5.97. The Morgan fingerprint density at radius 1 is 1.33 bits per heavy atom. The summed E-state index contributed by atoms with van der Waals surface area (Å²) in [6.07, 6.45) is 2.52. The van der Waals surface area contributed by atoms with Crippen LogP contribution in [0.5, 0.6) is 0 Å². The van der Waals surface area contributed by atoms with Gasteiger partial charge in [-0.25, -0.2) is 0 Å². The normalized spacial score (nSPS) is 20.9. The van der Waals surface area contributed by atoms with Crippen LogP contribution in [0, 0.1) is 19.8 Å². The van der Waals surface area contributed by atoms with Crippen molar-refractivity contribution in [2.45, 2.75) is 33.6 Å². The molecule has 1 atom stereocenters. The van der Waals surface area contributed by atoms with E-state index in [1.807, 2.05) is 18.2 Å². The Morgan fingerprint density at radius 2 is 2.11 bits per heavy atom. The van der Waals surface area contributed by atoms with Crippen molar-refractivity contribution < 1.29 is 4.79 Å². The van der Waals surface area contributed by atoms with E-state index in [4.69, 9.17) is 0 Å². The summed E-state index contributed by atoms with van der Waals surface area (Å²) < 4.78 is 0. The molecule has 0 bridgehead atoms. The maximum absolute atomic E-state index is 12.2. The number of carbonyl (C=O) groups is 1. The predicted molar refractivity (Wildman–Crippen MR) is 75.1 cm³/mol. The van der Waals surface area contributed by atoms with E-state index < -0.39 is 0 Å². The van der Waals surface area contributed by atoms with E-state index in [0.29, 0.717) is 6.54 Å². The third-order valence-electron chi connectivity index (χ3n) is 3.94. The molecule has 0 aliphatic carbocycles. The lowest BCUT2D eigenvalue weighted by molar-refractivity contribution is 0.0893. The van der Waals surface area contributed by atoms with Crippen molar-refractivity contribution in [3.05, 3.63) is 34.9 Å². The Kier molecular flexibility index (Phi) is 4.18. The standard InChI is InChI=1S/C16H23NO/c1-12-5-4-8-17(10-12)11-16(18)15-7-6-13(2)14(3)9-15/h6-7,9,12H,4-5,8,10-11H2,1-3H3. The second-order valence-corrected chi connectivity index (χ2v) is 5.70. The molecule has 18 heavy (non-hydrogen) atoms. The molecule has 0 radical (unpaired) electrons. The first-order valence-electron chi connectivity index (χ1n) is 6.89. The zero-order valence-electron chi connectivity index (χ0n) is 11.7. The first kappa shape index (κ1) is 13.3. The summed E-state index contributed by atoms with van der Waals surface area (Å²) in [5.74, 6) is 0.985. The van der Waals surface area contributed by atoms with Crippen LogP contribution in [-0.4, -0.2) is 30.3 Å². The average Bonchev–Trinajstić information content (AvgIpc) is 2.32. The van der Waals surface area contributed by atoms with E-state index in [1.165, 1.54) is 24.0 Å². The fraction of sp³-hybridized carbons (Fsp3) is 0.562. The first-order valence-corrected chi connectivity index (χ1v) is 6.89. The van der Waals surface area contributed by atoms with E-state index in [2.05, 4.69) is 25.7 Å². The molecule has 1 saturated heterocycles. The fourth-order valence-electron chi connectivity index (χ4n) is 2.64. The third kappa shape index (κ3) is 3.20. The van der Waals surface area contributed by atoms with Gasteiger partial charge in [-0.2, -0.15) is 0 Å². The second-order valence-electron chi connectivity index (χ2n) is 5.70. The van der Waals surface area contributed by atoms with Crippen molar-refractivity contribution in [2.75, 3.05) is 19.6 Å². The number of aryl methyl sites for hydroxylation is 2. The molecule has 0 amide bonds. The molecule has 0 N–H and O–H groups in total. The van der Waals surface area contributed by atoms with Crippen molar-refractivity contribution in [1.82, 2.24) is 4.90 Å². The number of nitrogens with zero attached hydrogens (tertiary/aromatic N) is 1. The van der Waals surface area contributed by atoms with Gasteiger partial charge >= 0.3 is 0 Å². The minimum atomic E-state index is 0.257. The number of rotatable bonds is 3. The van der Waals surface area contributed by atoms with Crippen molar-refractivity contribution in [1.29, 1.82) is 0 Å². The van der Waals surface area contributed by atoms with Gasteiger partial charge in [0.2, 0.25) is 0 Å². The van der Waals surface area contributed by atoms with Gasteiger partial charge in [-0.15, -0.1) is 0 Å². The number of Topliss-reactive ketones (excluding diaryl/α,β-unsaturated/α-hetero) is 1. The van der Waals surface area contributed by atoms with Gasteiger partial charge < -0.3 is 0 Å². The number of piperidine rings is 1. The van der Waals surface area contributed by atoms with Gasteiger partial charge in [0, 0.05) is 12.1 Å². The molecular formula is C16H23NO. The summed E-state index contributed by atoms with van der Waals surface area (Å²) >= 11 is 0. The van der Waals surface area contributed by atoms with E-state index in [9.17, 15) is 4.79 Å². The van der Waals surface area contributed by atoms with Gasteiger partial charge in [-0.05, 0) is 56.3 Å². The smallest absolute Gasteiger partial charge is 0.176 e. The van der Waals surface area contributed by atoms with Crippen molar-refractivity contribution in [3.63, 3.8) is 0 Å². The van der Waals surface area contributed by atoms with Crippen LogP contribution in [0.1, 0.15) is 41.3 Å².